The smallest absolute Gasteiger partial charge is 0.178 e. The van der Waals surface area contributed by atoms with E-state index in [-0.39, 0.29) is 5.76 Å². The van der Waals surface area contributed by atoms with Gasteiger partial charge in [-0.05, 0) is 12.1 Å². The van der Waals surface area contributed by atoms with E-state index in [1.807, 2.05) is 6.07 Å². The van der Waals surface area contributed by atoms with Gasteiger partial charge in [0.05, 0.1) is 5.69 Å². The molecule has 1 atom stereocenters. The van der Waals surface area contributed by atoms with Crippen molar-refractivity contribution in [1.29, 1.82) is 0 Å². The largest absolute Gasteiger partial charge is 0.357 e. The lowest BCUT2D eigenvalue weighted by Gasteiger charge is -1.92. The maximum atomic E-state index is 13.1. The molecule has 0 N–H and O–H groups in total. The fraction of sp³-hybridized carbons (Fsp3) is 0.0909. The van der Waals surface area contributed by atoms with Gasteiger partial charge in [-0.25, -0.2) is 4.39 Å². The summed E-state index contributed by atoms with van der Waals surface area (Å²) in [5.41, 5.74) is 1.18. The molecule has 1 unspecified atom stereocenters. The van der Waals surface area contributed by atoms with Crippen molar-refractivity contribution in [3.8, 4) is 11.4 Å². The average Bonchev–Trinajstić information content (AvgIpc) is 2.78. The Balaban J connectivity index is 2.32. The molecule has 2 heterocycles. The van der Waals surface area contributed by atoms with Gasteiger partial charge in [-0.1, -0.05) is 23.9 Å². The van der Waals surface area contributed by atoms with E-state index in [4.69, 9.17) is 4.52 Å². The summed E-state index contributed by atoms with van der Waals surface area (Å²) in [6.07, 6.45) is 1.47. The average molecular weight is 204 g/mol. The SMILES string of the molecule is C=CC(F)c1cc(-c2ccccn2)no1. The van der Waals surface area contributed by atoms with Crippen molar-refractivity contribution in [1.82, 2.24) is 10.1 Å². The van der Waals surface area contributed by atoms with Crippen LogP contribution in [0.25, 0.3) is 11.4 Å². The van der Waals surface area contributed by atoms with E-state index in [9.17, 15) is 4.39 Å². The van der Waals surface area contributed by atoms with Gasteiger partial charge in [0.25, 0.3) is 0 Å². The van der Waals surface area contributed by atoms with Gasteiger partial charge in [0.1, 0.15) is 5.69 Å². The molecule has 4 heteroatoms. The van der Waals surface area contributed by atoms with Gasteiger partial charge in [0.2, 0.25) is 0 Å². The molecule has 2 rings (SSSR count). The first-order chi connectivity index (χ1) is 7.31. The lowest BCUT2D eigenvalue weighted by Crippen LogP contribution is -1.82. The van der Waals surface area contributed by atoms with E-state index in [0.29, 0.717) is 11.4 Å². The fourth-order valence-electron chi connectivity index (χ4n) is 1.17. The van der Waals surface area contributed by atoms with E-state index in [0.717, 1.165) is 6.08 Å². The highest BCUT2D eigenvalue weighted by Crippen LogP contribution is 2.23. The van der Waals surface area contributed by atoms with Gasteiger partial charge in [-0.2, -0.15) is 0 Å². The molecule has 0 bridgehead atoms. The molecule has 0 saturated carbocycles. The van der Waals surface area contributed by atoms with Gasteiger partial charge in [-0.3, -0.25) is 4.98 Å². The standard InChI is InChI=1S/C11H9FN2O/c1-2-8(12)11-7-10(14-15-11)9-5-3-4-6-13-9/h2-8H,1H2. The highest BCUT2D eigenvalue weighted by Gasteiger charge is 2.13. The molecular formula is C11H9FN2O. The highest BCUT2D eigenvalue weighted by atomic mass is 19.1. The summed E-state index contributed by atoms with van der Waals surface area (Å²) < 4.78 is 18.0. The molecule has 76 valence electrons. The number of aromatic nitrogens is 2. The number of hydrogen-bond donors (Lipinski definition) is 0. The van der Waals surface area contributed by atoms with Crippen LogP contribution in [0.15, 0.2) is 47.6 Å². The molecule has 0 radical (unpaired) electrons. The first-order valence-electron chi connectivity index (χ1n) is 4.46. The number of hydrogen-bond acceptors (Lipinski definition) is 3. The number of pyridine rings is 1. The third kappa shape index (κ3) is 1.93. The maximum Gasteiger partial charge on any atom is 0.178 e. The lowest BCUT2D eigenvalue weighted by molar-refractivity contribution is 0.297. The highest BCUT2D eigenvalue weighted by molar-refractivity contribution is 5.53. The van der Waals surface area contributed by atoms with Crippen LogP contribution in [0.3, 0.4) is 0 Å². The maximum absolute atomic E-state index is 13.1. The van der Waals surface area contributed by atoms with Crippen LogP contribution in [0.4, 0.5) is 4.39 Å². The Labute approximate surface area is 86.2 Å². The quantitative estimate of drug-likeness (QED) is 0.721. The Hall–Kier alpha value is -1.97. The van der Waals surface area contributed by atoms with Crippen molar-refractivity contribution in [3.05, 3.63) is 48.9 Å². The van der Waals surface area contributed by atoms with Gasteiger partial charge in [0, 0.05) is 12.3 Å². The normalized spacial score (nSPS) is 12.3. The molecule has 0 aliphatic heterocycles. The van der Waals surface area contributed by atoms with Crippen LogP contribution < -0.4 is 0 Å². The predicted octanol–water partition coefficient (Wildman–Crippen LogP) is 2.93. The number of allylic oxidation sites excluding steroid dienone is 1. The van der Waals surface area contributed by atoms with Crippen molar-refractivity contribution < 1.29 is 8.91 Å². The van der Waals surface area contributed by atoms with E-state index >= 15 is 0 Å². The molecule has 0 spiro atoms. The van der Waals surface area contributed by atoms with Crippen molar-refractivity contribution in [2.45, 2.75) is 6.17 Å². The summed E-state index contributed by atoms with van der Waals surface area (Å²) in [5.74, 6) is 0.144. The van der Waals surface area contributed by atoms with E-state index in [2.05, 4.69) is 16.7 Å². The second-order valence-corrected chi connectivity index (χ2v) is 2.97. The number of halogens is 1. The van der Waals surface area contributed by atoms with Crippen LogP contribution in [-0.2, 0) is 0 Å². The molecule has 0 amide bonds. The number of rotatable bonds is 3. The minimum absolute atomic E-state index is 0.144. The summed E-state index contributed by atoms with van der Waals surface area (Å²) in [6.45, 7) is 3.34. The van der Waals surface area contributed by atoms with Crippen molar-refractivity contribution in [3.63, 3.8) is 0 Å². The van der Waals surface area contributed by atoms with Crippen molar-refractivity contribution in [2.75, 3.05) is 0 Å². The number of alkyl halides is 1. The summed E-state index contributed by atoms with van der Waals surface area (Å²) in [7, 11) is 0. The first kappa shape index (κ1) is 9.58. The second-order valence-electron chi connectivity index (χ2n) is 2.97. The Morgan fingerprint density at radius 1 is 1.40 bits per heavy atom. The van der Waals surface area contributed by atoms with Gasteiger partial charge < -0.3 is 4.52 Å². The molecule has 2 aromatic rings. The zero-order chi connectivity index (χ0) is 10.7. The number of nitrogens with zero attached hydrogens (tertiary/aromatic N) is 2. The molecule has 0 aliphatic rings. The molecule has 0 fully saturated rings. The van der Waals surface area contributed by atoms with Crippen LogP contribution >= 0.6 is 0 Å². The van der Waals surface area contributed by atoms with Crippen molar-refractivity contribution in [2.24, 2.45) is 0 Å². The van der Waals surface area contributed by atoms with Crippen LogP contribution in [0, 0.1) is 0 Å². The third-order valence-corrected chi connectivity index (χ3v) is 1.93. The molecular weight excluding hydrogens is 195 g/mol. The zero-order valence-electron chi connectivity index (χ0n) is 7.93. The zero-order valence-corrected chi connectivity index (χ0v) is 7.93. The topological polar surface area (TPSA) is 38.9 Å². The molecule has 0 aliphatic carbocycles. The lowest BCUT2D eigenvalue weighted by atomic mass is 10.2. The minimum Gasteiger partial charge on any atom is -0.357 e. The Kier molecular flexibility index (Phi) is 2.58. The summed E-state index contributed by atoms with van der Waals surface area (Å²) in [4.78, 5) is 4.08. The Morgan fingerprint density at radius 3 is 2.93 bits per heavy atom. The summed E-state index contributed by atoms with van der Waals surface area (Å²) in [6, 6.07) is 6.93. The molecule has 15 heavy (non-hydrogen) atoms. The third-order valence-electron chi connectivity index (χ3n) is 1.93. The van der Waals surface area contributed by atoms with Crippen molar-refractivity contribution >= 4 is 0 Å². The Morgan fingerprint density at radius 2 is 2.27 bits per heavy atom. The van der Waals surface area contributed by atoms with Crippen LogP contribution in [0.1, 0.15) is 11.9 Å². The minimum atomic E-state index is -1.32. The monoisotopic (exact) mass is 204 g/mol. The van der Waals surface area contributed by atoms with Gasteiger partial charge in [-0.15, -0.1) is 0 Å². The van der Waals surface area contributed by atoms with Crippen LogP contribution in [0.2, 0.25) is 0 Å². The Bertz CT molecular complexity index is 453. The van der Waals surface area contributed by atoms with Gasteiger partial charge in [0.15, 0.2) is 11.9 Å². The molecule has 3 nitrogen and oxygen atoms in total. The molecule has 2 aromatic heterocycles. The molecule has 0 saturated heterocycles. The first-order valence-corrected chi connectivity index (χ1v) is 4.46. The second kappa shape index (κ2) is 4.04. The molecule has 0 aromatic carbocycles. The van der Waals surface area contributed by atoms with Gasteiger partial charge >= 0.3 is 0 Å². The summed E-state index contributed by atoms with van der Waals surface area (Å²) in [5, 5.41) is 3.73. The van der Waals surface area contributed by atoms with Crippen LogP contribution in [0.5, 0.6) is 0 Å². The summed E-state index contributed by atoms with van der Waals surface area (Å²) >= 11 is 0. The predicted molar refractivity (Wildman–Crippen MR) is 53.8 cm³/mol. The van der Waals surface area contributed by atoms with E-state index in [1.165, 1.54) is 6.07 Å². The fourth-order valence-corrected chi connectivity index (χ4v) is 1.17. The van der Waals surface area contributed by atoms with Crippen LogP contribution in [-0.4, -0.2) is 10.1 Å². The van der Waals surface area contributed by atoms with E-state index in [1.54, 1.807) is 18.3 Å². The van der Waals surface area contributed by atoms with E-state index < -0.39 is 6.17 Å².